The van der Waals surface area contributed by atoms with E-state index in [0.717, 1.165) is 24.2 Å². The highest BCUT2D eigenvalue weighted by molar-refractivity contribution is 7.80. The molecule has 0 saturated carbocycles. The van der Waals surface area contributed by atoms with Crippen LogP contribution in [0.3, 0.4) is 0 Å². The third-order valence-electron chi connectivity index (χ3n) is 5.44. The summed E-state index contributed by atoms with van der Waals surface area (Å²) in [6.07, 6.45) is 1.72. The molecule has 2 aromatic carbocycles. The van der Waals surface area contributed by atoms with Gasteiger partial charge in [0.15, 0.2) is 5.11 Å². The minimum atomic E-state index is 0.0764. The number of ether oxygens (including phenoxy) is 2. The maximum atomic E-state index is 5.60. The van der Waals surface area contributed by atoms with E-state index in [0.29, 0.717) is 34.2 Å². The molecule has 0 spiro atoms. The second-order valence-corrected chi connectivity index (χ2v) is 8.46. The summed E-state index contributed by atoms with van der Waals surface area (Å²) < 4.78 is 10.8. The predicted molar refractivity (Wildman–Crippen MR) is 139 cm³/mol. The lowest BCUT2D eigenvalue weighted by molar-refractivity contribution is 0.405. The first-order valence-electron chi connectivity index (χ1n) is 11.0. The number of benzene rings is 2. The van der Waals surface area contributed by atoms with Crippen LogP contribution in [0.4, 0.5) is 11.6 Å². The van der Waals surface area contributed by atoms with Crippen LogP contribution in [0.1, 0.15) is 22.5 Å². The highest BCUT2D eigenvalue weighted by Gasteiger charge is 2.21. The lowest BCUT2D eigenvalue weighted by atomic mass is 10.1. The summed E-state index contributed by atoms with van der Waals surface area (Å²) in [5.41, 5.74) is 5.05. The standard InChI is InChI=1S/C25H28N6O2S/c1-15-11-16(2)27-23(26-15)30-24(28-19-12-17-7-5-6-8-18(17)13-19)31-25(34)29-21-14-20(32-3)9-10-22(21)33-4/h5-11,14,19H,12-13H2,1-4H3,(H3,26,27,28,29,30,31,34). The molecule has 1 heterocycles. The van der Waals surface area contributed by atoms with Crippen molar-refractivity contribution in [1.29, 1.82) is 0 Å². The third kappa shape index (κ3) is 5.79. The van der Waals surface area contributed by atoms with Crippen molar-refractivity contribution >= 4 is 34.9 Å². The number of rotatable bonds is 5. The Bertz CT molecular complexity index is 1180. The molecule has 9 heteroatoms. The number of guanidine groups is 1. The smallest absolute Gasteiger partial charge is 0.229 e. The van der Waals surface area contributed by atoms with Crippen LogP contribution in [-0.2, 0) is 12.8 Å². The number of hydrogen-bond acceptors (Lipinski definition) is 6. The molecule has 0 saturated heterocycles. The molecular formula is C25H28N6O2S. The van der Waals surface area contributed by atoms with Gasteiger partial charge in [-0.25, -0.2) is 15.0 Å². The highest BCUT2D eigenvalue weighted by atomic mass is 32.1. The summed E-state index contributed by atoms with van der Waals surface area (Å²) in [5, 5.41) is 9.91. The zero-order chi connectivity index (χ0) is 24.1. The summed E-state index contributed by atoms with van der Waals surface area (Å²) in [4.78, 5) is 13.9. The van der Waals surface area contributed by atoms with E-state index in [4.69, 9.17) is 26.7 Å². The van der Waals surface area contributed by atoms with Crippen molar-refractivity contribution in [3.8, 4) is 11.5 Å². The number of nitrogens with zero attached hydrogens (tertiary/aromatic N) is 3. The van der Waals surface area contributed by atoms with Crippen molar-refractivity contribution in [3.05, 3.63) is 71.0 Å². The number of nitrogens with one attached hydrogen (secondary N) is 3. The average molecular weight is 477 g/mol. The molecule has 1 aliphatic rings. The largest absolute Gasteiger partial charge is 0.497 e. The molecule has 1 aromatic heterocycles. The van der Waals surface area contributed by atoms with Gasteiger partial charge >= 0.3 is 0 Å². The van der Waals surface area contributed by atoms with Gasteiger partial charge in [0.1, 0.15) is 11.5 Å². The van der Waals surface area contributed by atoms with Crippen LogP contribution in [0.25, 0.3) is 0 Å². The van der Waals surface area contributed by atoms with Crippen molar-refractivity contribution < 1.29 is 9.47 Å². The SMILES string of the molecule is COc1ccc(OC)c(NC(=S)NC(=NC2Cc3ccccc3C2)Nc2nc(C)cc(C)n2)c1. The van der Waals surface area contributed by atoms with Gasteiger partial charge in [-0.1, -0.05) is 24.3 Å². The van der Waals surface area contributed by atoms with E-state index in [-0.39, 0.29) is 6.04 Å². The molecular weight excluding hydrogens is 448 g/mol. The molecule has 0 fully saturated rings. The molecule has 176 valence electrons. The molecule has 34 heavy (non-hydrogen) atoms. The summed E-state index contributed by atoms with van der Waals surface area (Å²) in [6, 6.07) is 15.9. The average Bonchev–Trinajstić information content (AvgIpc) is 3.20. The van der Waals surface area contributed by atoms with Crippen molar-refractivity contribution in [3.63, 3.8) is 0 Å². The first-order valence-corrected chi connectivity index (χ1v) is 11.4. The number of aliphatic imine (C=N–C) groups is 1. The number of aryl methyl sites for hydroxylation is 2. The minimum absolute atomic E-state index is 0.0764. The summed E-state index contributed by atoms with van der Waals surface area (Å²) >= 11 is 5.60. The Labute approximate surface area is 204 Å². The molecule has 3 N–H and O–H groups in total. The van der Waals surface area contributed by atoms with E-state index in [1.165, 1.54) is 11.1 Å². The number of thiocarbonyl (C=S) groups is 1. The topological polar surface area (TPSA) is 92.7 Å². The molecule has 0 atom stereocenters. The van der Waals surface area contributed by atoms with Gasteiger partial charge in [-0.2, -0.15) is 0 Å². The predicted octanol–water partition coefficient (Wildman–Crippen LogP) is 4.03. The Kier molecular flexibility index (Phi) is 7.22. The summed E-state index contributed by atoms with van der Waals surface area (Å²) in [6.45, 7) is 3.86. The van der Waals surface area contributed by atoms with Crippen LogP contribution in [-0.4, -0.2) is 41.3 Å². The molecule has 0 unspecified atom stereocenters. The van der Waals surface area contributed by atoms with Gasteiger partial charge in [0, 0.05) is 17.5 Å². The molecule has 0 radical (unpaired) electrons. The van der Waals surface area contributed by atoms with Gasteiger partial charge < -0.3 is 20.1 Å². The van der Waals surface area contributed by atoms with E-state index in [1.54, 1.807) is 14.2 Å². The minimum Gasteiger partial charge on any atom is -0.497 e. The van der Waals surface area contributed by atoms with Crippen LogP contribution >= 0.6 is 12.2 Å². The monoisotopic (exact) mass is 476 g/mol. The lowest BCUT2D eigenvalue weighted by Gasteiger charge is -2.17. The zero-order valence-corrected chi connectivity index (χ0v) is 20.5. The first-order chi connectivity index (χ1) is 16.4. The van der Waals surface area contributed by atoms with Gasteiger partial charge in [0.25, 0.3) is 0 Å². The van der Waals surface area contributed by atoms with Gasteiger partial charge in [-0.15, -0.1) is 0 Å². The molecule has 8 nitrogen and oxygen atoms in total. The van der Waals surface area contributed by atoms with E-state index >= 15 is 0 Å². The zero-order valence-electron chi connectivity index (χ0n) is 19.7. The number of fused-ring (bicyclic) bond motifs is 1. The Morgan fingerprint density at radius 3 is 2.24 bits per heavy atom. The molecule has 0 bridgehead atoms. The Balaban J connectivity index is 1.56. The van der Waals surface area contributed by atoms with Crippen molar-refractivity contribution in [2.45, 2.75) is 32.7 Å². The summed E-state index contributed by atoms with van der Waals surface area (Å²) in [7, 11) is 3.22. The van der Waals surface area contributed by atoms with Crippen LogP contribution in [0.15, 0.2) is 53.5 Å². The van der Waals surface area contributed by atoms with Crippen molar-refractivity contribution in [1.82, 2.24) is 15.3 Å². The normalized spacial score (nSPS) is 13.2. The fraction of sp³-hybridized carbons (Fsp3) is 0.280. The molecule has 0 aliphatic heterocycles. The quantitative estimate of drug-likeness (QED) is 0.289. The lowest BCUT2D eigenvalue weighted by Crippen LogP contribution is -2.40. The van der Waals surface area contributed by atoms with Crippen molar-refractivity contribution in [2.75, 3.05) is 24.9 Å². The maximum absolute atomic E-state index is 5.60. The Morgan fingerprint density at radius 1 is 0.941 bits per heavy atom. The van der Waals surface area contributed by atoms with Crippen LogP contribution < -0.4 is 25.4 Å². The van der Waals surface area contributed by atoms with E-state index in [9.17, 15) is 0 Å². The van der Waals surface area contributed by atoms with Gasteiger partial charge in [0.2, 0.25) is 11.9 Å². The van der Waals surface area contributed by atoms with Gasteiger partial charge in [0.05, 0.1) is 25.9 Å². The highest BCUT2D eigenvalue weighted by Crippen LogP contribution is 2.29. The van der Waals surface area contributed by atoms with E-state index < -0.39 is 0 Å². The fourth-order valence-corrected chi connectivity index (χ4v) is 4.17. The summed E-state index contributed by atoms with van der Waals surface area (Å²) in [5.74, 6) is 2.26. The second kappa shape index (κ2) is 10.5. The molecule has 3 aromatic rings. The second-order valence-electron chi connectivity index (χ2n) is 8.05. The number of anilines is 2. The maximum Gasteiger partial charge on any atom is 0.229 e. The molecule has 0 amide bonds. The van der Waals surface area contributed by atoms with Gasteiger partial charge in [-0.05, 0) is 68.2 Å². The number of hydrogen-bond donors (Lipinski definition) is 3. The third-order valence-corrected chi connectivity index (χ3v) is 5.64. The Hall–Kier alpha value is -3.72. The van der Waals surface area contributed by atoms with Gasteiger partial charge in [-0.3, -0.25) is 5.32 Å². The number of aromatic nitrogens is 2. The fourth-order valence-electron chi connectivity index (χ4n) is 3.97. The van der Waals surface area contributed by atoms with Crippen LogP contribution in [0, 0.1) is 13.8 Å². The first kappa shape index (κ1) is 23.4. The van der Waals surface area contributed by atoms with E-state index in [2.05, 4.69) is 50.2 Å². The molecule has 1 aliphatic carbocycles. The molecule has 4 rings (SSSR count). The number of methoxy groups -OCH3 is 2. The van der Waals surface area contributed by atoms with Crippen LogP contribution in [0.5, 0.6) is 11.5 Å². The van der Waals surface area contributed by atoms with Crippen LogP contribution in [0.2, 0.25) is 0 Å². The van der Waals surface area contributed by atoms with Crippen molar-refractivity contribution in [2.24, 2.45) is 4.99 Å². The Morgan fingerprint density at radius 2 is 1.62 bits per heavy atom. The van der Waals surface area contributed by atoms with E-state index in [1.807, 2.05) is 38.1 Å².